The topological polar surface area (TPSA) is 78.8 Å². The number of hydrogen-bond acceptors (Lipinski definition) is 4. The Morgan fingerprint density at radius 3 is 2.06 bits per heavy atom. The fraction of sp³-hybridized carbons (Fsp3) is 0.130. The Morgan fingerprint density at radius 1 is 0.938 bits per heavy atom. The zero-order valence-corrected chi connectivity index (χ0v) is 17.8. The van der Waals surface area contributed by atoms with Crippen LogP contribution < -0.4 is 5.32 Å². The smallest absolute Gasteiger partial charge is 0.306 e. The van der Waals surface area contributed by atoms with E-state index in [9.17, 15) is 22.0 Å². The highest BCUT2D eigenvalue weighted by Gasteiger charge is 2.32. The van der Waals surface area contributed by atoms with Gasteiger partial charge >= 0.3 is 6.03 Å². The minimum Gasteiger partial charge on any atom is -0.306 e. The van der Waals surface area contributed by atoms with E-state index < -0.39 is 21.7 Å². The van der Waals surface area contributed by atoms with E-state index in [1.54, 1.807) is 24.3 Å². The van der Waals surface area contributed by atoms with Gasteiger partial charge in [0.2, 0.25) is 0 Å². The summed E-state index contributed by atoms with van der Waals surface area (Å²) in [5.41, 5.74) is 2.38. The van der Waals surface area contributed by atoms with Crippen LogP contribution in [0.25, 0.3) is 0 Å². The van der Waals surface area contributed by atoms with Crippen molar-refractivity contribution in [2.75, 3.05) is 18.1 Å². The average molecular weight is 455 g/mol. The lowest BCUT2D eigenvalue weighted by Gasteiger charge is -2.16. The predicted molar refractivity (Wildman–Crippen MR) is 117 cm³/mol. The molecular weight excluding hydrogens is 436 g/mol. The quantitative estimate of drug-likeness (QED) is 0.633. The lowest BCUT2D eigenvalue weighted by molar-refractivity contribution is 0.218. The van der Waals surface area contributed by atoms with E-state index in [-0.39, 0.29) is 23.2 Å². The first-order valence-electron chi connectivity index (χ1n) is 9.69. The second-order valence-corrected chi connectivity index (χ2v) is 9.42. The summed E-state index contributed by atoms with van der Waals surface area (Å²) in [4.78, 5) is 13.0. The molecule has 0 spiro atoms. The molecule has 0 fully saturated rings. The fourth-order valence-electron chi connectivity index (χ4n) is 3.44. The van der Waals surface area contributed by atoms with Crippen LogP contribution in [0.2, 0.25) is 0 Å². The first-order chi connectivity index (χ1) is 15.2. The number of urea groups is 1. The molecule has 3 aromatic rings. The number of anilines is 1. The summed E-state index contributed by atoms with van der Waals surface area (Å²) in [7, 11) is -3.34. The van der Waals surface area contributed by atoms with Crippen molar-refractivity contribution in [3.05, 3.63) is 95.6 Å². The first-order valence-corrected chi connectivity index (χ1v) is 11.6. The SMILES string of the molecule is CS(=O)(=O)c1ccc(NC(=O)N2CC(c3ccc(F)cc3)C(c3ccc(F)cc3)=N2)cc1. The van der Waals surface area contributed by atoms with E-state index in [0.29, 0.717) is 17.0 Å². The van der Waals surface area contributed by atoms with E-state index in [4.69, 9.17) is 0 Å². The summed E-state index contributed by atoms with van der Waals surface area (Å²) in [6.45, 7) is 0.200. The van der Waals surface area contributed by atoms with E-state index in [0.717, 1.165) is 11.8 Å². The van der Waals surface area contributed by atoms with Crippen LogP contribution in [0, 0.1) is 11.6 Å². The van der Waals surface area contributed by atoms with Gasteiger partial charge in [-0.05, 0) is 59.7 Å². The Balaban J connectivity index is 1.60. The molecule has 1 heterocycles. The summed E-state index contributed by atoms with van der Waals surface area (Å²) in [5, 5.41) is 8.38. The molecule has 4 rings (SSSR count). The van der Waals surface area contributed by atoms with E-state index in [2.05, 4.69) is 10.4 Å². The van der Waals surface area contributed by atoms with Gasteiger partial charge in [0.15, 0.2) is 9.84 Å². The van der Waals surface area contributed by atoms with Crippen LogP contribution in [0.4, 0.5) is 19.3 Å². The second-order valence-electron chi connectivity index (χ2n) is 7.41. The van der Waals surface area contributed by atoms with Crippen molar-refractivity contribution in [3.8, 4) is 0 Å². The summed E-state index contributed by atoms with van der Waals surface area (Å²) in [5.74, 6) is -1.10. The van der Waals surface area contributed by atoms with E-state index in [1.807, 2.05) is 0 Å². The summed E-state index contributed by atoms with van der Waals surface area (Å²) >= 11 is 0. The van der Waals surface area contributed by atoms with Gasteiger partial charge in [0.1, 0.15) is 11.6 Å². The number of hydrazone groups is 1. The molecule has 0 aromatic heterocycles. The predicted octanol–water partition coefficient (Wildman–Crippen LogP) is 4.40. The molecule has 2 amide bonds. The first kappa shape index (κ1) is 21.6. The third kappa shape index (κ3) is 4.67. The number of benzene rings is 3. The summed E-state index contributed by atoms with van der Waals surface area (Å²) in [6, 6.07) is 17.0. The molecule has 1 atom stereocenters. The van der Waals surface area contributed by atoms with Gasteiger partial charge in [-0.2, -0.15) is 5.10 Å². The van der Waals surface area contributed by atoms with Gasteiger partial charge in [-0.15, -0.1) is 0 Å². The van der Waals surface area contributed by atoms with Gasteiger partial charge in [-0.3, -0.25) is 0 Å². The van der Waals surface area contributed by atoms with Crippen LogP contribution in [0.3, 0.4) is 0 Å². The van der Waals surface area contributed by atoms with Gasteiger partial charge in [0.05, 0.1) is 17.2 Å². The molecule has 3 aromatic carbocycles. The van der Waals surface area contributed by atoms with Crippen molar-refractivity contribution in [2.24, 2.45) is 5.10 Å². The molecule has 0 saturated heterocycles. The third-order valence-corrected chi connectivity index (χ3v) is 6.22. The number of hydrogen-bond donors (Lipinski definition) is 1. The second kappa shape index (κ2) is 8.51. The lowest BCUT2D eigenvalue weighted by atomic mass is 9.90. The molecule has 32 heavy (non-hydrogen) atoms. The van der Waals surface area contributed by atoms with Crippen molar-refractivity contribution in [3.63, 3.8) is 0 Å². The Kier molecular flexibility index (Phi) is 5.75. The molecule has 1 aliphatic rings. The zero-order valence-electron chi connectivity index (χ0n) is 17.0. The molecule has 0 bridgehead atoms. The summed E-state index contributed by atoms with van der Waals surface area (Å²) in [6.07, 6.45) is 1.10. The maximum absolute atomic E-state index is 13.4. The molecule has 0 radical (unpaired) electrons. The maximum atomic E-state index is 13.4. The van der Waals surface area contributed by atoms with Gasteiger partial charge < -0.3 is 5.32 Å². The molecule has 1 aliphatic heterocycles. The van der Waals surface area contributed by atoms with Gasteiger partial charge in [-0.1, -0.05) is 24.3 Å². The maximum Gasteiger partial charge on any atom is 0.342 e. The number of sulfone groups is 1. The Hall–Kier alpha value is -3.59. The number of carbonyl (C=O) groups is 1. The Labute approximate surface area is 184 Å². The lowest BCUT2D eigenvalue weighted by Crippen LogP contribution is -2.30. The standard InChI is InChI=1S/C23H19F2N3O3S/c1-32(30,31)20-12-10-19(11-13-20)26-23(29)28-14-21(15-2-6-17(24)7-3-15)22(27-28)16-4-8-18(25)9-5-16/h2-13,21H,14H2,1H3,(H,26,29). The largest absolute Gasteiger partial charge is 0.342 e. The fourth-order valence-corrected chi connectivity index (χ4v) is 4.07. The van der Waals surface area contributed by atoms with Crippen LogP contribution in [-0.2, 0) is 9.84 Å². The molecule has 164 valence electrons. The van der Waals surface area contributed by atoms with Crippen LogP contribution in [0.5, 0.6) is 0 Å². The molecule has 9 heteroatoms. The minimum atomic E-state index is -3.34. The zero-order chi connectivity index (χ0) is 22.9. The number of carbonyl (C=O) groups excluding carboxylic acids is 1. The average Bonchev–Trinajstić information content (AvgIpc) is 3.20. The molecule has 1 N–H and O–H groups in total. The molecule has 0 saturated carbocycles. The molecule has 1 unspecified atom stereocenters. The molecule has 6 nitrogen and oxygen atoms in total. The number of nitrogens with zero attached hydrogens (tertiary/aromatic N) is 2. The Bertz CT molecular complexity index is 1270. The van der Waals surface area contributed by atoms with E-state index >= 15 is 0 Å². The van der Waals surface area contributed by atoms with Crippen LogP contribution in [-0.4, -0.2) is 38.0 Å². The van der Waals surface area contributed by atoms with Crippen LogP contribution >= 0.6 is 0 Å². The normalized spacial score (nSPS) is 16.0. The molecule has 0 aliphatic carbocycles. The number of nitrogens with one attached hydrogen (secondary N) is 1. The van der Waals surface area contributed by atoms with E-state index in [1.165, 1.54) is 53.5 Å². The van der Waals surface area contributed by atoms with Crippen molar-refractivity contribution in [2.45, 2.75) is 10.8 Å². The summed E-state index contributed by atoms with van der Waals surface area (Å²) < 4.78 is 50.0. The van der Waals surface area contributed by atoms with Gasteiger partial charge in [-0.25, -0.2) is 27.0 Å². The minimum absolute atomic E-state index is 0.143. The van der Waals surface area contributed by atoms with Crippen molar-refractivity contribution in [1.29, 1.82) is 0 Å². The van der Waals surface area contributed by atoms with Gasteiger partial charge in [0, 0.05) is 17.9 Å². The Morgan fingerprint density at radius 2 is 1.50 bits per heavy atom. The molecular formula is C23H19F2N3O3S. The van der Waals surface area contributed by atoms with Crippen molar-refractivity contribution < 1.29 is 22.0 Å². The monoisotopic (exact) mass is 455 g/mol. The van der Waals surface area contributed by atoms with Crippen LogP contribution in [0.15, 0.2) is 82.8 Å². The van der Waals surface area contributed by atoms with Crippen molar-refractivity contribution >= 4 is 27.3 Å². The highest BCUT2D eigenvalue weighted by atomic mass is 32.2. The highest BCUT2D eigenvalue weighted by Crippen LogP contribution is 2.29. The van der Waals surface area contributed by atoms with Gasteiger partial charge in [0.25, 0.3) is 0 Å². The van der Waals surface area contributed by atoms with Crippen LogP contribution in [0.1, 0.15) is 17.0 Å². The number of rotatable bonds is 4. The number of halogens is 2. The highest BCUT2D eigenvalue weighted by molar-refractivity contribution is 7.90. The van der Waals surface area contributed by atoms with Crippen molar-refractivity contribution in [1.82, 2.24) is 5.01 Å². The number of amides is 2. The third-order valence-electron chi connectivity index (χ3n) is 5.09.